The fourth-order valence-electron chi connectivity index (χ4n) is 5.29. The molecule has 2 atom stereocenters. The average Bonchev–Trinajstić information content (AvgIpc) is 3.16. The van der Waals surface area contributed by atoms with Gasteiger partial charge in [-0.25, -0.2) is 9.67 Å². The minimum Gasteiger partial charge on any atom is -0.299 e. The van der Waals surface area contributed by atoms with Crippen molar-refractivity contribution in [1.29, 1.82) is 0 Å². The van der Waals surface area contributed by atoms with Gasteiger partial charge in [-0.3, -0.25) is 9.48 Å². The van der Waals surface area contributed by atoms with Crippen LogP contribution in [0, 0.1) is 11.3 Å². The molecular weight excluding hydrogens is 326 g/mol. The molecule has 0 amide bonds. The van der Waals surface area contributed by atoms with E-state index in [1.165, 1.54) is 5.56 Å². The number of aryl methyl sites for hydroxylation is 1. The monoisotopic (exact) mass is 355 g/mol. The molecule has 1 fully saturated rings. The van der Waals surface area contributed by atoms with Gasteiger partial charge in [-0.1, -0.05) is 20.8 Å². The van der Waals surface area contributed by atoms with E-state index in [0.717, 1.165) is 36.5 Å². The normalized spacial score (nSPS) is 27.5. The maximum atomic E-state index is 12.5. The van der Waals surface area contributed by atoms with Crippen LogP contribution < -0.4 is 0 Å². The standard InChI is InChI=1S/C20H29N5O/c1-12(2)25-11-21-18(23-25)16-13-7-8-14-19(3,4)15(26)9-10-20(14,5)17(13)22-24(16)6/h11-12,14H,7-10H2,1-6H3/t14-,20-/m0/s1. The number of carbonyl (C=O) groups excluding carboxylic acids is 1. The molecule has 2 aromatic rings. The van der Waals surface area contributed by atoms with Crippen molar-refractivity contribution in [3.05, 3.63) is 17.6 Å². The first-order chi connectivity index (χ1) is 12.2. The smallest absolute Gasteiger partial charge is 0.199 e. The fraction of sp³-hybridized carbons (Fsp3) is 0.700. The maximum Gasteiger partial charge on any atom is 0.199 e. The van der Waals surface area contributed by atoms with Crippen LogP contribution in [0.15, 0.2) is 6.33 Å². The number of fused-ring (bicyclic) bond motifs is 3. The minimum atomic E-state index is -0.278. The number of aromatic nitrogens is 5. The Kier molecular flexibility index (Phi) is 3.69. The Morgan fingerprint density at radius 2 is 1.92 bits per heavy atom. The van der Waals surface area contributed by atoms with E-state index >= 15 is 0 Å². The van der Waals surface area contributed by atoms with Crippen molar-refractivity contribution < 1.29 is 4.79 Å². The van der Waals surface area contributed by atoms with Crippen molar-refractivity contribution in [3.63, 3.8) is 0 Å². The Morgan fingerprint density at radius 1 is 1.19 bits per heavy atom. The number of hydrogen-bond donors (Lipinski definition) is 0. The van der Waals surface area contributed by atoms with Crippen molar-refractivity contribution in [2.75, 3.05) is 0 Å². The quantitative estimate of drug-likeness (QED) is 0.827. The van der Waals surface area contributed by atoms with Gasteiger partial charge in [0.25, 0.3) is 0 Å². The summed E-state index contributed by atoms with van der Waals surface area (Å²) >= 11 is 0. The molecule has 0 saturated heterocycles. The van der Waals surface area contributed by atoms with Crippen LogP contribution in [0.4, 0.5) is 0 Å². The SMILES string of the molecule is CC(C)n1cnc(-c2c3c(nn2C)[C@@]2(C)CCC(=O)C(C)(C)[C@@H]2CC3)n1. The van der Waals surface area contributed by atoms with E-state index in [1.807, 2.05) is 16.4 Å². The summed E-state index contributed by atoms with van der Waals surface area (Å²) < 4.78 is 3.84. The van der Waals surface area contributed by atoms with Gasteiger partial charge in [0.15, 0.2) is 5.82 Å². The second kappa shape index (κ2) is 5.51. The first-order valence-corrected chi connectivity index (χ1v) is 9.67. The Balaban J connectivity index is 1.83. The van der Waals surface area contributed by atoms with Crippen molar-refractivity contribution in [2.45, 2.75) is 71.8 Å². The number of nitrogens with zero attached hydrogens (tertiary/aromatic N) is 5. The number of ketones is 1. The molecule has 1 saturated carbocycles. The summed E-state index contributed by atoms with van der Waals surface area (Å²) in [6.07, 6.45) is 5.29. The number of rotatable bonds is 2. The lowest BCUT2D eigenvalue weighted by atomic mass is 9.51. The van der Waals surface area contributed by atoms with Crippen LogP contribution in [0.1, 0.15) is 71.2 Å². The molecule has 2 aliphatic carbocycles. The molecule has 0 aromatic carbocycles. The van der Waals surface area contributed by atoms with Crippen LogP contribution in [0.25, 0.3) is 11.5 Å². The fourth-order valence-corrected chi connectivity index (χ4v) is 5.29. The van der Waals surface area contributed by atoms with E-state index in [4.69, 9.17) is 5.10 Å². The molecule has 4 rings (SSSR count). The highest BCUT2D eigenvalue weighted by Gasteiger charge is 2.55. The predicted molar refractivity (Wildman–Crippen MR) is 99.8 cm³/mol. The summed E-state index contributed by atoms with van der Waals surface area (Å²) in [4.78, 5) is 17.1. The van der Waals surface area contributed by atoms with Gasteiger partial charge in [-0.05, 0) is 39.0 Å². The van der Waals surface area contributed by atoms with E-state index in [-0.39, 0.29) is 16.9 Å². The van der Waals surface area contributed by atoms with Gasteiger partial charge in [-0.2, -0.15) is 5.10 Å². The molecule has 2 aliphatic rings. The minimum absolute atomic E-state index is 0.0540. The third-order valence-corrected chi connectivity index (χ3v) is 6.85. The first-order valence-electron chi connectivity index (χ1n) is 9.67. The van der Waals surface area contributed by atoms with Gasteiger partial charge in [0.05, 0.1) is 5.69 Å². The lowest BCUT2D eigenvalue weighted by Crippen LogP contribution is -2.52. The number of hydrogen-bond acceptors (Lipinski definition) is 4. The molecule has 0 bridgehead atoms. The third-order valence-electron chi connectivity index (χ3n) is 6.85. The summed E-state index contributed by atoms with van der Waals surface area (Å²) in [5, 5.41) is 9.62. The van der Waals surface area contributed by atoms with Crippen LogP contribution in [0.5, 0.6) is 0 Å². The zero-order valence-corrected chi connectivity index (χ0v) is 16.7. The van der Waals surface area contributed by atoms with E-state index in [2.05, 4.69) is 44.7 Å². The molecule has 2 heterocycles. The van der Waals surface area contributed by atoms with Gasteiger partial charge in [0, 0.05) is 35.9 Å². The summed E-state index contributed by atoms with van der Waals surface area (Å²) in [5.41, 5.74) is 3.14. The Labute approximate surface area is 155 Å². The van der Waals surface area contributed by atoms with Crippen molar-refractivity contribution in [2.24, 2.45) is 18.4 Å². The predicted octanol–water partition coefficient (Wildman–Crippen LogP) is 3.47. The molecule has 0 N–H and O–H groups in total. The maximum absolute atomic E-state index is 12.5. The van der Waals surface area contributed by atoms with Crippen LogP contribution in [-0.2, 0) is 23.7 Å². The summed E-state index contributed by atoms with van der Waals surface area (Å²) in [6, 6.07) is 0.285. The molecular formula is C20H29N5O. The van der Waals surface area contributed by atoms with E-state index < -0.39 is 0 Å². The third kappa shape index (κ3) is 2.23. The topological polar surface area (TPSA) is 65.6 Å². The second-order valence-electron chi connectivity index (χ2n) is 9.09. The molecule has 0 radical (unpaired) electrons. The van der Waals surface area contributed by atoms with E-state index in [0.29, 0.717) is 18.1 Å². The zero-order chi connectivity index (χ0) is 18.9. The Hall–Kier alpha value is -1.98. The number of Topliss-reactive ketones (excluding diaryl/α,β-unsaturated/α-hetero) is 1. The molecule has 6 heteroatoms. The highest BCUT2D eigenvalue weighted by molar-refractivity contribution is 5.86. The van der Waals surface area contributed by atoms with Gasteiger partial charge >= 0.3 is 0 Å². The lowest BCUT2D eigenvalue weighted by Gasteiger charge is -2.51. The van der Waals surface area contributed by atoms with Crippen molar-refractivity contribution in [3.8, 4) is 11.5 Å². The van der Waals surface area contributed by atoms with Gasteiger partial charge in [0.1, 0.15) is 17.8 Å². The summed E-state index contributed by atoms with van der Waals surface area (Å²) in [5.74, 6) is 1.49. The Bertz CT molecular complexity index is 875. The second-order valence-corrected chi connectivity index (χ2v) is 9.09. The van der Waals surface area contributed by atoms with Gasteiger partial charge in [-0.15, -0.1) is 5.10 Å². The highest BCUT2D eigenvalue weighted by Crippen LogP contribution is 2.56. The average molecular weight is 355 g/mol. The van der Waals surface area contributed by atoms with Gasteiger partial charge < -0.3 is 0 Å². The number of carbonyl (C=O) groups is 1. The molecule has 0 spiro atoms. The molecule has 6 nitrogen and oxygen atoms in total. The van der Waals surface area contributed by atoms with Gasteiger partial charge in [0.2, 0.25) is 0 Å². The van der Waals surface area contributed by atoms with Crippen LogP contribution in [-0.4, -0.2) is 30.3 Å². The molecule has 2 aromatic heterocycles. The molecule has 0 aliphatic heterocycles. The molecule has 140 valence electrons. The van der Waals surface area contributed by atoms with Crippen molar-refractivity contribution in [1.82, 2.24) is 24.5 Å². The van der Waals surface area contributed by atoms with Crippen LogP contribution in [0.3, 0.4) is 0 Å². The molecule has 26 heavy (non-hydrogen) atoms. The van der Waals surface area contributed by atoms with Crippen LogP contribution in [0.2, 0.25) is 0 Å². The first kappa shape index (κ1) is 17.4. The molecule has 0 unspecified atom stereocenters. The van der Waals surface area contributed by atoms with E-state index in [9.17, 15) is 4.79 Å². The highest BCUT2D eigenvalue weighted by atomic mass is 16.1. The lowest BCUT2D eigenvalue weighted by molar-refractivity contribution is -0.137. The van der Waals surface area contributed by atoms with Crippen LogP contribution >= 0.6 is 0 Å². The van der Waals surface area contributed by atoms with E-state index in [1.54, 1.807) is 6.33 Å². The summed E-state index contributed by atoms with van der Waals surface area (Å²) in [7, 11) is 1.99. The van der Waals surface area contributed by atoms with Crippen molar-refractivity contribution >= 4 is 5.78 Å². The zero-order valence-electron chi connectivity index (χ0n) is 16.7. The largest absolute Gasteiger partial charge is 0.299 e. The summed E-state index contributed by atoms with van der Waals surface area (Å²) in [6.45, 7) is 10.8. The Morgan fingerprint density at radius 3 is 2.58 bits per heavy atom.